The van der Waals surface area contributed by atoms with Gasteiger partial charge in [0.05, 0.1) is 11.4 Å². The Balaban J connectivity index is 3.64. The van der Waals surface area contributed by atoms with Crippen molar-refractivity contribution >= 4 is 5.97 Å². The number of hydrogen-bond donors (Lipinski definition) is 1. The molecule has 0 amide bonds. The van der Waals surface area contributed by atoms with Crippen LogP contribution < -0.4 is 0 Å². The van der Waals surface area contributed by atoms with E-state index in [0.717, 1.165) is 6.92 Å². The smallest absolute Gasteiger partial charge is 0.310 e. The lowest BCUT2D eigenvalue weighted by Crippen LogP contribution is -2.07. The molecule has 1 aromatic rings. The number of carboxylic acids is 1. The third-order valence-corrected chi connectivity index (χ3v) is 1.98. The fourth-order valence-corrected chi connectivity index (χ4v) is 1.14. The minimum atomic E-state index is -2.21. The van der Waals surface area contributed by atoms with E-state index in [1.54, 1.807) is 0 Å². The highest BCUT2D eigenvalue weighted by molar-refractivity contribution is 5.75. The first-order chi connectivity index (χ1) is 9.01. The summed E-state index contributed by atoms with van der Waals surface area (Å²) in [5.74, 6) is -3.57. The molecule has 0 aliphatic rings. The molecule has 82 valence electrons. The maximum Gasteiger partial charge on any atom is 0.310 e. The van der Waals surface area contributed by atoms with Crippen LogP contribution in [0.5, 0.6) is 0 Å². The van der Waals surface area contributed by atoms with Gasteiger partial charge in [-0.3, -0.25) is 4.79 Å². The summed E-state index contributed by atoms with van der Waals surface area (Å²) in [6.07, 6.45) is 0.373. The van der Waals surface area contributed by atoms with E-state index in [4.69, 9.17) is 12.0 Å². The molecule has 0 aromatic heterocycles. The molecule has 1 N–H and O–H groups in total. The molecule has 0 radical (unpaired) electrons. The number of carboxylic acid groups (broad SMARTS) is 1. The van der Waals surface area contributed by atoms with Gasteiger partial charge in [0.15, 0.2) is 0 Å². The van der Waals surface area contributed by atoms with Crippen LogP contribution in [0.15, 0.2) is 24.2 Å². The highest BCUT2D eigenvalue weighted by Gasteiger charge is 2.12. The van der Waals surface area contributed by atoms with E-state index in [1.165, 1.54) is 0 Å². The summed E-state index contributed by atoms with van der Waals surface area (Å²) in [6.45, 7) is 4.85. The Morgan fingerprint density at radius 1 is 1.40 bits per heavy atom. The van der Waals surface area contributed by atoms with Gasteiger partial charge in [0.1, 0.15) is 0 Å². The fraction of sp³-hybridized carbons (Fsp3) is 0.462. The molecule has 0 saturated carbocycles. The fourth-order valence-electron chi connectivity index (χ4n) is 1.14. The number of benzene rings is 1. The van der Waals surface area contributed by atoms with Crippen LogP contribution in [0.25, 0.3) is 0 Å². The van der Waals surface area contributed by atoms with Crippen LogP contribution in [0.1, 0.15) is 44.6 Å². The highest BCUT2D eigenvalue weighted by atomic mass is 16.4. The summed E-state index contributed by atoms with van der Waals surface area (Å²) in [5, 5.41) is 9.06. The normalized spacial score (nSPS) is 19.6. The average molecular weight is 211 g/mol. The lowest BCUT2D eigenvalue weighted by atomic mass is 9.97. The van der Waals surface area contributed by atoms with Gasteiger partial charge in [-0.15, -0.1) is 0 Å². The molecule has 1 atom stereocenters. The summed E-state index contributed by atoms with van der Waals surface area (Å²) < 4.78 is 39.4. The Hall–Kier alpha value is -1.31. The lowest BCUT2D eigenvalue weighted by Gasteiger charge is -2.09. The first-order valence-corrected chi connectivity index (χ1v) is 4.84. The molecule has 0 saturated heterocycles. The molecule has 15 heavy (non-hydrogen) atoms. The van der Waals surface area contributed by atoms with Crippen LogP contribution in [0, 0.1) is 5.92 Å². The molecule has 2 heteroatoms. The van der Waals surface area contributed by atoms with Crippen molar-refractivity contribution in [3.63, 3.8) is 0 Å². The highest BCUT2D eigenvalue weighted by Crippen LogP contribution is 2.17. The topological polar surface area (TPSA) is 37.3 Å². The van der Waals surface area contributed by atoms with Crippen LogP contribution in [0.3, 0.4) is 0 Å². The minimum Gasteiger partial charge on any atom is -0.481 e. The Morgan fingerprint density at radius 3 is 2.33 bits per heavy atom. The summed E-state index contributed by atoms with van der Waals surface area (Å²) in [7, 11) is 0. The number of rotatable bonds is 4. The molecular formula is C13H18O2. The quantitative estimate of drug-likeness (QED) is 0.831. The van der Waals surface area contributed by atoms with Crippen LogP contribution in [-0.4, -0.2) is 11.1 Å². The third kappa shape index (κ3) is 3.39. The van der Waals surface area contributed by atoms with Gasteiger partial charge < -0.3 is 5.11 Å². The molecule has 2 nitrogen and oxygen atoms in total. The standard InChI is InChI=1S/C13H18O2/c1-9(2)8-11-4-6-12(7-5-11)10(3)13(14)15/h4-7,9-10H,8H2,1-3H3,(H,14,15)/t10-/m1/s1/i4D,5D,6D,7D,10D. The predicted octanol–water partition coefficient (Wildman–Crippen LogP) is 3.07. The predicted molar refractivity (Wildman–Crippen MR) is 61.0 cm³/mol. The summed E-state index contributed by atoms with van der Waals surface area (Å²) in [5.41, 5.74) is -0.132. The van der Waals surface area contributed by atoms with Gasteiger partial charge in [-0.1, -0.05) is 38.0 Å². The van der Waals surface area contributed by atoms with Crippen molar-refractivity contribution in [2.24, 2.45) is 5.92 Å². The maximum atomic E-state index is 11.1. The van der Waals surface area contributed by atoms with Crippen molar-refractivity contribution in [2.45, 2.75) is 33.1 Å². The third-order valence-electron chi connectivity index (χ3n) is 1.98. The molecule has 0 heterocycles. The van der Waals surface area contributed by atoms with Crippen molar-refractivity contribution in [3.8, 4) is 0 Å². The van der Waals surface area contributed by atoms with Gasteiger partial charge in [-0.05, 0) is 30.4 Å². The zero-order chi connectivity index (χ0) is 15.8. The SMILES string of the molecule is [2H]c1c([2H])c([C@@]([2H])(C)C(=O)O)c([2H])c([2H])c1CC(C)C. The zero-order valence-corrected chi connectivity index (χ0v) is 9.14. The number of hydrogen-bond acceptors (Lipinski definition) is 1. The first kappa shape index (κ1) is 6.31. The summed E-state index contributed by atoms with van der Waals surface area (Å²) >= 11 is 0. The second-order valence-electron chi connectivity index (χ2n) is 3.88. The molecule has 0 spiro atoms. The largest absolute Gasteiger partial charge is 0.481 e. The second kappa shape index (κ2) is 4.96. The first-order valence-electron chi connectivity index (χ1n) is 7.34. The van der Waals surface area contributed by atoms with Crippen LogP contribution >= 0.6 is 0 Å². The van der Waals surface area contributed by atoms with E-state index >= 15 is 0 Å². The Kier molecular flexibility index (Phi) is 2.09. The van der Waals surface area contributed by atoms with Gasteiger partial charge in [-0.25, -0.2) is 0 Å². The molecule has 0 aliphatic heterocycles. The van der Waals surface area contributed by atoms with Gasteiger partial charge >= 0.3 is 5.97 Å². The summed E-state index contributed by atoms with van der Waals surface area (Å²) in [6, 6.07) is -1.40. The van der Waals surface area contributed by atoms with Crippen molar-refractivity contribution in [3.05, 3.63) is 35.3 Å². The van der Waals surface area contributed by atoms with E-state index in [1.807, 2.05) is 13.8 Å². The van der Waals surface area contributed by atoms with Crippen molar-refractivity contribution in [2.75, 3.05) is 0 Å². The average Bonchev–Trinajstić information content (AvgIpc) is 2.31. The number of carbonyl (C=O) groups is 1. The van der Waals surface area contributed by atoms with Gasteiger partial charge in [0.25, 0.3) is 0 Å². The van der Waals surface area contributed by atoms with E-state index < -0.39 is 29.5 Å². The van der Waals surface area contributed by atoms with Crippen LogP contribution in [0.2, 0.25) is 0 Å². The molecule has 1 aromatic carbocycles. The second-order valence-corrected chi connectivity index (χ2v) is 3.88. The lowest BCUT2D eigenvalue weighted by molar-refractivity contribution is -0.138. The van der Waals surface area contributed by atoms with Crippen LogP contribution in [0.4, 0.5) is 0 Å². The molecule has 0 bridgehead atoms. The van der Waals surface area contributed by atoms with E-state index in [2.05, 4.69) is 0 Å². The van der Waals surface area contributed by atoms with E-state index in [0.29, 0.717) is 6.42 Å². The van der Waals surface area contributed by atoms with E-state index in [9.17, 15) is 4.79 Å². The van der Waals surface area contributed by atoms with E-state index in [-0.39, 0.29) is 23.6 Å². The molecular weight excluding hydrogens is 188 g/mol. The monoisotopic (exact) mass is 211 g/mol. The molecule has 0 aliphatic carbocycles. The van der Waals surface area contributed by atoms with Crippen molar-refractivity contribution < 1.29 is 16.8 Å². The minimum absolute atomic E-state index is 0.148. The number of aliphatic carboxylic acids is 1. The maximum absolute atomic E-state index is 11.1. The summed E-state index contributed by atoms with van der Waals surface area (Å²) in [4.78, 5) is 11.1. The Labute approximate surface area is 98.0 Å². The Bertz CT molecular complexity index is 523. The van der Waals surface area contributed by atoms with Gasteiger partial charge in [-0.2, -0.15) is 0 Å². The zero-order valence-electron chi connectivity index (χ0n) is 14.1. The molecule has 1 rings (SSSR count). The van der Waals surface area contributed by atoms with Crippen LogP contribution in [-0.2, 0) is 11.2 Å². The Morgan fingerprint density at radius 2 is 1.93 bits per heavy atom. The molecule has 0 unspecified atom stereocenters. The molecule has 0 fully saturated rings. The van der Waals surface area contributed by atoms with Gasteiger partial charge in [0, 0.05) is 1.37 Å². The van der Waals surface area contributed by atoms with Gasteiger partial charge in [0.2, 0.25) is 0 Å². The van der Waals surface area contributed by atoms with Crippen molar-refractivity contribution in [1.82, 2.24) is 0 Å². The van der Waals surface area contributed by atoms with Crippen molar-refractivity contribution in [1.29, 1.82) is 0 Å².